The molecule has 0 radical (unpaired) electrons. The van der Waals surface area contributed by atoms with Crippen LogP contribution >= 0.6 is 23.1 Å². The van der Waals surface area contributed by atoms with Gasteiger partial charge in [0, 0.05) is 15.5 Å². The van der Waals surface area contributed by atoms with Crippen molar-refractivity contribution < 1.29 is 14.6 Å². The van der Waals surface area contributed by atoms with Crippen LogP contribution in [-0.2, 0) is 4.79 Å². The molecule has 3 nitrogen and oxygen atoms in total. The maximum atomic E-state index is 10.7. The van der Waals surface area contributed by atoms with Crippen LogP contribution in [0.3, 0.4) is 0 Å². The van der Waals surface area contributed by atoms with Gasteiger partial charge < -0.3 is 9.84 Å². The summed E-state index contributed by atoms with van der Waals surface area (Å²) in [6.07, 6.45) is 2.28. The fourth-order valence-corrected chi connectivity index (χ4v) is 5.16. The van der Waals surface area contributed by atoms with Crippen LogP contribution < -0.4 is 4.74 Å². The van der Waals surface area contributed by atoms with Crippen LogP contribution in [0.15, 0.2) is 101 Å². The quantitative estimate of drug-likeness (QED) is 0.258. The van der Waals surface area contributed by atoms with Crippen LogP contribution in [0.4, 0.5) is 0 Å². The van der Waals surface area contributed by atoms with Crippen molar-refractivity contribution in [1.82, 2.24) is 0 Å². The molecule has 1 N–H and O–H groups in total. The molecule has 33 heavy (non-hydrogen) atoms. The van der Waals surface area contributed by atoms with Crippen LogP contribution in [0.25, 0.3) is 16.7 Å². The van der Waals surface area contributed by atoms with Crippen molar-refractivity contribution in [3.63, 3.8) is 0 Å². The predicted molar refractivity (Wildman–Crippen MR) is 138 cm³/mol. The van der Waals surface area contributed by atoms with Crippen molar-refractivity contribution in [3.8, 4) is 16.9 Å². The van der Waals surface area contributed by atoms with Gasteiger partial charge in [0.1, 0.15) is 5.75 Å². The molecule has 0 saturated carbocycles. The minimum atomic E-state index is -0.976. The lowest BCUT2D eigenvalue weighted by molar-refractivity contribution is -0.139. The number of hydrogen-bond donors (Lipinski definition) is 1. The molecule has 4 rings (SSSR count). The van der Waals surface area contributed by atoms with Crippen molar-refractivity contribution in [2.45, 2.75) is 11.8 Å². The molecule has 0 fully saturated rings. The molecule has 1 heterocycles. The zero-order valence-electron chi connectivity index (χ0n) is 18.2. The second kappa shape index (κ2) is 11.0. The largest absolute Gasteiger partial charge is 0.482 e. The lowest BCUT2D eigenvalue weighted by Crippen LogP contribution is -2.09. The first kappa shape index (κ1) is 22.9. The number of thiophene rings is 1. The summed E-state index contributed by atoms with van der Waals surface area (Å²) in [7, 11) is 0. The van der Waals surface area contributed by atoms with E-state index in [1.54, 1.807) is 23.1 Å². The summed E-state index contributed by atoms with van der Waals surface area (Å²) < 4.78 is 5.32. The Bertz CT molecular complexity index is 1230. The van der Waals surface area contributed by atoms with Gasteiger partial charge in [-0.25, -0.2) is 4.79 Å². The molecular weight excluding hydrogens is 448 g/mol. The van der Waals surface area contributed by atoms with Crippen LogP contribution in [0.2, 0.25) is 0 Å². The van der Waals surface area contributed by atoms with Gasteiger partial charge in [-0.3, -0.25) is 0 Å². The molecule has 1 aromatic heterocycles. The van der Waals surface area contributed by atoms with E-state index >= 15 is 0 Å². The molecule has 0 spiro atoms. The molecule has 0 saturated heterocycles. The average molecular weight is 473 g/mol. The normalized spacial score (nSPS) is 11.4. The third-order valence-electron chi connectivity index (χ3n) is 5.12. The number of ether oxygens (including phenoxy) is 1. The molecule has 3 aromatic carbocycles. The summed E-state index contributed by atoms with van der Waals surface area (Å²) in [5.41, 5.74) is 5.79. The first-order valence-electron chi connectivity index (χ1n) is 10.6. The first-order chi connectivity index (χ1) is 16.1. The fourth-order valence-electron chi connectivity index (χ4n) is 3.50. The standard InChI is InChI=1S/C28H24O3S2/c1-20-18-24(13-14-26(20)31-19-28(29)30)32-17-15-25(27-8-5-16-33-27)23-11-9-22(10-12-23)21-6-3-2-4-7-21/h2-16,18H,17,19H2,1H3,(H,29,30)/b25-15+. The van der Waals surface area contributed by atoms with Crippen LogP contribution in [0.5, 0.6) is 5.75 Å². The van der Waals surface area contributed by atoms with E-state index in [4.69, 9.17) is 9.84 Å². The molecule has 0 aliphatic carbocycles. The number of aliphatic carboxylic acids is 1. The molecule has 0 atom stereocenters. The topological polar surface area (TPSA) is 46.5 Å². The molecule has 166 valence electrons. The highest BCUT2D eigenvalue weighted by molar-refractivity contribution is 7.99. The van der Waals surface area contributed by atoms with Crippen molar-refractivity contribution in [2.75, 3.05) is 12.4 Å². The second-order valence-corrected chi connectivity index (χ2v) is 9.50. The minimum absolute atomic E-state index is 0.330. The Morgan fingerprint density at radius 2 is 1.73 bits per heavy atom. The number of carbonyl (C=O) groups is 1. The molecule has 0 aliphatic heterocycles. The SMILES string of the molecule is Cc1cc(SC/C=C(\c2ccc(-c3ccccc3)cc2)c2cccs2)ccc1OCC(=O)O. The van der Waals surface area contributed by atoms with Crippen LogP contribution in [-0.4, -0.2) is 23.4 Å². The number of carboxylic acid groups (broad SMARTS) is 1. The summed E-state index contributed by atoms with van der Waals surface area (Å²) in [6.45, 7) is 1.60. The average Bonchev–Trinajstić information content (AvgIpc) is 3.36. The third kappa shape index (κ3) is 6.15. The van der Waals surface area contributed by atoms with Gasteiger partial charge in [0.05, 0.1) is 0 Å². The number of rotatable bonds is 9. The molecule has 0 bridgehead atoms. The number of thioether (sulfide) groups is 1. The zero-order valence-corrected chi connectivity index (χ0v) is 19.9. The van der Waals surface area contributed by atoms with Crippen molar-refractivity contribution >= 4 is 34.6 Å². The van der Waals surface area contributed by atoms with E-state index in [0.717, 1.165) is 16.2 Å². The number of hydrogen-bond acceptors (Lipinski definition) is 4. The minimum Gasteiger partial charge on any atom is -0.482 e. The Morgan fingerprint density at radius 3 is 2.39 bits per heavy atom. The summed E-state index contributed by atoms with van der Waals surface area (Å²) in [5, 5.41) is 10.9. The van der Waals surface area contributed by atoms with E-state index in [1.165, 1.54) is 27.1 Å². The lowest BCUT2D eigenvalue weighted by atomic mass is 9.99. The van der Waals surface area contributed by atoms with Gasteiger partial charge in [-0.1, -0.05) is 66.7 Å². The van der Waals surface area contributed by atoms with E-state index in [-0.39, 0.29) is 6.61 Å². The van der Waals surface area contributed by atoms with E-state index in [1.807, 2.05) is 31.2 Å². The first-order valence-corrected chi connectivity index (χ1v) is 12.4. The van der Waals surface area contributed by atoms with E-state index in [0.29, 0.717) is 5.75 Å². The van der Waals surface area contributed by atoms with Gasteiger partial charge in [0.25, 0.3) is 0 Å². The van der Waals surface area contributed by atoms with Crippen molar-refractivity contribution in [2.24, 2.45) is 0 Å². The van der Waals surface area contributed by atoms with E-state index < -0.39 is 5.97 Å². The number of aryl methyl sites for hydroxylation is 1. The van der Waals surface area contributed by atoms with Gasteiger partial charge >= 0.3 is 5.97 Å². The van der Waals surface area contributed by atoms with Crippen molar-refractivity contribution in [1.29, 1.82) is 0 Å². The predicted octanol–water partition coefficient (Wildman–Crippen LogP) is 7.41. The molecule has 0 aliphatic rings. The smallest absolute Gasteiger partial charge is 0.341 e. The summed E-state index contributed by atoms with van der Waals surface area (Å²) in [5.74, 6) is 0.452. The zero-order chi connectivity index (χ0) is 23.0. The molecule has 0 unspecified atom stereocenters. The van der Waals surface area contributed by atoms with E-state index in [2.05, 4.69) is 72.1 Å². The van der Waals surface area contributed by atoms with Crippen LogP contribution in [0.1, 0.15) is 16.0 Å². The highest BCUT2D eigenvalue weighted by Crippen LogP contribution is 2.31. The van der Waals surface area contributed by atoms with Gasteiger partial charge in [0.2, 0.25) is 0 Å². The Hall–Kier alpha value is -3.28. The maximum absolute atomic E-state index is 10.7. The van der Waals surface area contributed by atoms with Crippen LogP contribution in [0, 0.1) is 6.92 Å². The Balaban J connectivity index is 1.50. The van der Waals surface area contributed by atoms with Crippen molar-refractivity contribution in [3.05, 3.63) is 112 Å². The van der Waals surface area contributed by atoms with Gasteiger partial charge in [0.15, 0.2) is 6.61 Å². The molecular formula is C28H24O3S2. The highest BCUT2D eigenvalue weighted by atomic mass is 32.2. The summed E-state index contributed by atoms with van der Waals surface area (Å²) in [6, 6.07) is 29.2. The van der Waals surface area contributed by atoms with Gasteiger partial charge in [-0.15, -0.1) is 23.1 Å². The van der Waals surface area contributed by atoms with E-state index in [9.17, 15) is 4.79 Å². The Kier molecular flexibility index (Phi) is 7.66. The second-order valence-electron chi connectivity index (χ2n) is 7.46. The monoisotopic (exact) mass is 472 g/mol. The molecule has 0 amide bonds. The summed E-state index contributed by atoms with van der Waals surface area (Å²) >= 11 is 3.49. The molecule has 4 aromatic rings. The number of carboxylic acids is 1. The fraction of sp³-hybridized carbons (Fsp3) is 0.107. The van der Waals surface area contributed by atoms with Gasteiger partial charge in [-0.2, -0.15) is 0 Å². The maximum Gasteiger partial charge on any atom is 0.341 e. The highest BCUT2D eigenvalue weighted by Gasteiger charge is 2.08. The lowest BCUT2D eigenvalue weighted by Gasteiger charge is -2.10. The van der Waals surface area contributed by atoms with Gasteiger partial charge in [-0.05, 0) is 64.4 Å². The Labute approximate surface area is 202 Å². The Morgan fingerprint density at radius 1 is 0.970 bits per heavy atom. The third-order valence-corrected chi connectivity index (χ3v) is 6.95. The summed E-state index contributed by atoms with van der Waals surface area (Å²) in [4.78, 5) is 13.1. The number of benzene rings is 3. The molecule has 5 heteroatoms.